The van der Waals surface area contributed by atoms with Crippen LogP contribution in [0.25, 0.3) is 0 Å². The van der Waals surface area contributed by atoms with E-state index in [1.165, 1.54) is 77.0 Å². The predicted octanol–water partition coefficient (Wildman–Crippen LogP) is 3.88. The molecule has 0 aromatic carbocycles. The first-order valence-electron chi connectivity index (χ1n) is 11.2. The summed E-state index contributed by atoms with van der Waals surface area (Å²) in [7, 11) is 2.06. The number of nitrogens with two attached hydrogens (primary N) is 1. The van der Waals surface area contributed by atoms with Crippen molar-refractivity contribution in [2.75, 3.05) is 20.2 Å². The molecule has 0 aliphatic heterocycles. The normalized spacial score (nSPS) is 32.6. The molecule has 0 radical (unpaired) electrons. The first-order chi connectivity index (χ1) is 12.7. The standard InChI is InChI=1S/C22H40N2O2/c1-24-14-20(19-12-11-16-7-5-6-10-18(16)13-19)22(26-15-21(23)25)17-8-3-2-4-9-17/h16-20,22,24H,2-15H2,1H3,(H2,23,25)/t16?,18?,19?,20-,22-/m0/s1. The van der Waals surface area contributed by atoms with Crippen molar-refractivity contribution in [3.05, 3.63) is 0 Å². The number of rotatable bonds is 8. The molecule has 4 nitrogen and oxygen atoms in total. The molecular weight excluding hydrogens is 324 g/mol. The highest BCUT2D eigenvalue weighted by Crippen LogP contribution is 2.46. The van der Waals surface area contributed by atoms with Gasteiger partial charge in [0.1, 0.15) is 6.61 Å². The van der Waals surface area contributed by atoms with Gasteiger partial charge in [-0.05, 0) is 62.8 Å². The lowest BCUT2D eigenvalue weighted by molar-refractivity contribution is -0.130. The van der Waals surface area contributed by atoms with Gasteiger partial charge in [0.25, 0.3) is 0 Å². The van der Waals surface area contributed by atoms with Gasteiger partial charge in [-0.3, -0.25) is 4.79 Å². The Morgan fingerprint density at radius 2 is 1.65 bits per heavy atom. The minimum absolute atomic E-state index is 0.0835. The molecular formula is C22H40N2O2. The van der Waals surface area contributed by atoms with Gasteiger partial charge in [0.15, 0.2) is 0 Å². The average molecular weight is 365 g/mol. The SMILES string of the molecule is CNC[C@@H](C1CCC2CCCCC2C1)[C@@H](OCC(N)=O)C1CCCCC1. The molecule has 3 fully saturated rings. The van der Waals surface area contributed by atoms with E-state index in [1.54, 1.807) is 0 Å². The highest BCUT2D eigenvalue weighted by molar-refractivity contribution is 5.75. The molecule has 0 bridgehead atoms. The zero-order valence-corrected chi connectivity index (χ0v) is 16.8. The summed E-state index contributed by atoms with van der Waals surface area (Å²) in [6.45, 7) is 1.09. The van der Waals surface area contributed by atoms with E-state index in [-0.39, 0.29) is 18.6 Å². The summed E-state index contributed by atoms with van der Waals surface area (Å²) in [5, 5.41) is 3.45. The Labute approximate surface area is 160 Å². The van der Waals surface area contributed by atoms with Gasteiger partial charge < -0.3 is 15.8 Å². The van der Waals surface area contributed by atoms with E-state index in [0.29, 0.717) is 11.8 Å². The van der Waals surface area contributed by atoms with Crippen LogP contribution in [0.3, 0.4) is 0 Å². The van der Waals surface area contributed by atoms with Crippen LogP contribution in [0.15, 0.2) is 0 Å². The molecule has 0 spiro atoms. The molecule has 3 aliphatic carbocycles. The minimum atomic E-state index is -0.329. The van der Waals surface area contributed by atoms with Gasteiger partial charge >= 0.3 is 0 Å². The summed E-state index contributed by atoms with van der Waals surface area (Å²) >= 11 is 0. The van der Waals surface area contributed by atoms with Gasteiger partial charge in [0.2, 0.25) is 5.91 Å². The van der Waals surface area contributed by atoms with Crippen molar-refractivity contribution in [2.45, 2.75) is 83.2 Å². The molecule has 4 heteroatoms. The van der Waals surface area contributed by atoms with E-state index in [2.05, 4.69) is 12.4 Å². The smallest absolute Gasteiger partial charge is 0.243 e. The van der Waals surface area contributed by atoms with Crippen molar-refractivity contribution < 1.29 is 9.53 Å². The largest absolute Gasteiger partial charge is 0.368 e. The van der Waals surface area contributed by atoms with Crippen LogP contribution in [0, 0.1) is 29.6 Å². The Morgan fingerprint density at radius 1 is 0.962 bits per heavy atom. The molecule has 5 atom stereocenters. The molecule has 150 valence electrons. The molecule has 26 heavy (non-hydrogen) atoms. The van der Waals surface area contributed by atoms with Crippen molar-refractivity contribution in [2.24, 2.45) is 35.3 Å². The van der Waals surface area contributed by atoms with E-state index < -0.39 is 0 Å². The lowest BCUT2D eigenvalue weighted by Gasteiger charge is -2.45. The maximum absolute atomic E-state index is 11.4. The van der Waals surface area contributed by atoms with Crippen LogP contribution in [-0.2, 0) is 9.53 Å². The first kappa shape index (κ1) is 20.1. The molecule has 3 rings (SSSR count). The summed E-state index contributed by atoms with van der Waals surface area (Å²) in [6, 6.07) is 0. The predicted molar refractivity (Wildman–Crippen MR) is 106 cm³/mol. The number of fused-ring (bicyclic) bond motifs is 1. The van der Waals surface area contributed by atoms with E-state index in [1.807, 2.05) is 0 Å². The molecule has 3 aliphatic rings. The number of nitrogens with one attached hydrogen (secondary N) is 1. The van der Waals surface area contributed by atoms with Gasteiger partial charge in [0, 0.05) is 12.5 Å². The van der Waals surface area contributed by atoms with E-state index in [9.17, 15) is 4.79 Å². The molecule has 3 saturated carbocycles. The Bertz CT molecular complexity index is 436. The number of carbonyl (C=O) groups excluding carboxylic acids is 1. The van der Waals surface area contributed by atoms with Crippen molar-refractivity contribution >= 4 is 5.91 Å². The molecule has 0 saturated heterocycles. The van der Waals surface area contributed by atoms with Crippen molar-refractivity contribution in [1.82, 2.24) is 5.32 Å². The van der Waals surface area contributed by atoms with Crippen molar-refractivity contribution in [3.63, 3.8) is 0 Å². The minimum Gasteiger partial charge on any atom is -0.368 e. The third kappa shape index (κ3) is 5.22. The van der Waals surface area contributed by atoms with Crippen LogP contribution in [0.2, 0.25) is 0 Å². The molecule has 0 heterocycles. The second-order valence-corrected chi connectivity index (χ2v) is 9.24. The van der Waals surface area contributed by atoms with Crippen LogP contribution in [0.5, 0.6) is 0 Å². The lowest BCUT2D eigenvalue weighted by atomic mass is 9.63. The highest BCUT2D eigenvalue weighted by atomic mass is 16.5. The third-order valence-electron chi connectivity index (χ3n) is 7.58. The molecule has 0 aromatic rings. The van der Waals surface area contributed by atoms with Crippen molar-refractivity contribution in [1.29, 1.82) is 0 Å². The molecule has 1 amide bonds. The van der Waals surface area contributed by atoms with Crippen molar-refractivity contribution in [3.8, 4) is 0 Å². The fourth-order valence-electron chi connectivity index (χ4n) is 6.34. The van der Waals surface area contributed by atoms with Crippen LogP contribution < -0.4 is 11.1 Å². The number of hydrogen-bond donors (Lipinski definition) is 2. The van der Waals surface area contributed by atoms with Gasteiger partial charge in [-0.25, -0.2) is 0 Å². The summed E-state index contributed by atoms with van der Waals surface area (Å²) < 4.78 is 6.23. The number of amides is 1. The monoisotopic (exact) mass is 364 g/mol. The van der Waals surface area contributed by atoms with Crippen LogP contribution in [0.4, 0.5) is 0 Å². The zero-order chi connectivity index (χ0) is 18.4. The summed E-state index contributed by atoms with van der Waals surface area (Å²) in [6.07, 6.45) is 16.5. The second-order valence-electron chi connectivity index (χ2n) is 9.24. The average Bonchev–Trinajstić information content (AvgIpc) is 2.67. The summed E-state index contributed by atoms with van der Waals surface area (Å²) in [5.41, 5.74) is 5.43. The zero-order valence-electron chi connectivity index (χ0n) is 16.8. The number of ether oxygens (including phenoxy) is 1. The number of hydrogen-bond acceptors (Lipinski definition) is 3. The van der Waals surface area contributed by atoms with Crippen LogP contribution in [-0.4, -0.2) is 32.2 Å². The van der Waals surface area contributed by atoms with E-state index >= 15 is 0 Å². The maximum Gasteiger partial charge on any atom is 0.243 e. The maximum atomic E-state index is 11.4. The quantitative estimate of drug-likeness (QED) is 0.687. The molecule has 0 aromatic heterocycles. The van der Waals surface area contributed by atoms with Gasteiger partial charge in [-0.15, -0.1) is 0 Å². The summed E-state index contributed by atoms with van der Waals surface area (Å²) in [4.78, 5) is 11.4. The van der Waals surface area contributed by atoms with E-state index in [0.717, 1.165) is 24.3 Å². The molecule has 3 unspecified atom stereocenters. The van der Waals surface area contributed by atoms with Gasteiger partial charge in [0.05, 0.1) is 6.10 Å². The Balaban J connectivity index is 1.71. The Morgan fingerprint density at radius 3 is 2.35 bits per heavy atom. The van der Waals surface area contributed by atoms with Crippen LogP contribution >= 0.6 is 0 Å². The number of carbonyl (C=O) groups is 1. The fourth-order valence-corrected chi connectivity index (χ4v) is 6.34. The Hall–Kier alpha value is -0.610. The topological polar surface area (TPSA) is 64.3 Å². The number of primary amides is 1. The van der Waals surface area contributed by atoms with Crippen LogP contribution in [0.1, 0.15) is 77.0 Å². The first-order valence-corrected chi connectivity index (χ1v) is 11.2. The van der Waals surface area contributed by atoms with E-state index in [4.69, 9.17) is 10.5 Å². The third-order valence-corrected chi connectivity index (χ3v) is 7.58. The highest BCUT2D eigenvalue weighted by Gasteiger charge is 2.40. The second kappa shape index (κ2) is 10.1. The van der Waals surface area contributed by atoms with Gasteiger partial charge in [-0.1, -0.05) is 44.9 Å². The van der Waals surface area contributed by atoms with Gasteiger partial charge in [-0.2, -0.15) is 0 Å². The Kier molecular flexibility index (Phi) is 7.80. The molecule has 3 N–H and O–H groups in total. The lowest BCUT2D eigenvalue weighted by Crippen LogP contribution is -2.45. The summed E-state index contributed by atoms with van der Waals surface area (Å²) in [5.74, 6) is 3.45. The fraction of sp³-hybridized carbons (Fsp3) is 0.955.